The highest BCUT2D eigenvalue weighted by atomic mass is 16.5. The summed E-state index contributed by atoms with van der Waals surface area (Å²) in [6, 6.07) is 0. The molecule has 0 bridgehead atoms. The first-order valence-electron chi connectivity index (χ1n) is 3.68. The number of carbonyl (C=O) groups is 2. The molecular formula is C7H11NO4. The number of aliphatic carboxylic acids is 1. The maximum atomic E-state index is 11.0. The monoisotopic (exact) mass is 173 g/mol. The molecule has 1 aliphatic heterocycles. The predicted octanol–water partition coefficient (Wildman–Crippen LogP) is -0.920. The number of nitrogens with one attached hydrogen (secondary N) is 1. The summed E-state index contributed by atoms with van der Waals surface area (Å²) in [5.41, 5.74) is 0. The van der Waals surface area contributed by atoms with E-state index in [4.69, 9.17) is 5.11 Å². The third-order valence-electron chi connectivity index (χ3n) is 2.04. The predicted molar refractivity (Wildman–Crippen MR) is 39.5 cm³/mol. The van der Waals surface area contributed by atoms with Crippen molar-refractivity contribution in [1.29, 1.82) is 0 Å². The SMILES string of the molecule is COC(=O)C1CNCC1C(=O)O. The minimum absolute atomic E-state index is 0.342. The van der Waals surface area contributed by atoms with Crippen molar-refractivity contribution >= 4 is 11.9 Å². The molecule has 2 unspecified atom stereocenters. The highest BCUT2D eigenvalue weighted by Crippen LogP contribution is 2.17. The summed E-state index contributed by atoms with van der Waals surface area (Å²) in [5.74, 6) is -2.58. The number of carboxylic acid groups (broad SMARTS) is 1. The quantitative estimate of drug-likeness (QED) is 0.528. The van der Waals surface area contributed by atoms with Crippen molar-refractivity contribution in [3.8, 4) is 0 Å². The molecule has 1 aliphatic rings. The molecule has 1 saturated heterocycles. The zero-order valence-corrected chi connectivity index (χ0v) is 6.74. The molecule has 12 heavy (non-hydrogen) atoms. The average Bonchev–Trinajstić information content (AvgIpc) is 2.50. The van der Waals surface area contributed by atoms with E-state index in [1.165, 1.54) is 7.11 Å². The van der Waals surface area contributed by atoms with Crippen LogP contribution in [-0.4, -0.2) is 37.2 Å². The van der Waals surface area contributed by atoms with E-state index in [1.54, 1.807) is 0 Å². The summed E-state index contributed by atoms with van der Waals surface area (Å²) < 4.78 is 4.47. The lowest BCUT2D eigenvalue weighted by Gasteiger charge is -2.10. The summed E-state index contributed by atoms with van der Waals surface area (Å²) in [6.07, 6.45) is 0. The molecule has 1 heterocycles. The number of ether oxygens (including phenoxy) is 1. The number of carbonyl (C=O) groups excluding carboxylic acids is 1. The molecule has 2 atom stereocenters. The van der Waals surface area contributed by atoms with Crippen LogP contribution in [0.3, 0.4) is 0 Å². The van der Waals surface area contributed by atoms with Crippen LogP contribution < -0.4 is 5.32 Å². The van der Waals surface area contributed by atoms with Crippen LogP contribution in [0.1, 0.15) is 0 Å². The van der Waals surface area contributed by atoms with Gasteiger partial charge in [-0.2, -0.15) is 0 Å². The molecule has 0 spiro atoms. The number of hydrogen-bond donors (Lipinski definition) is 2. The third-order valence-corrected chi connectivity index (χ3v) is 2.04. The summed E-state index contributed by atoms with van der Waals surface area (Å²) in [4.78, 5) is 21.6. The zero-order chi connectivity index (χ0) is 9.14. The van der Waals surface area contributed by atoms with Crippen LogP contribution in [0.2, 0.25) is 0 Å². The van der Waals surface area contributed by atoms with Crippen LogP contribution in [0.5, 0.6) is 0 Å². The van der Waals surface area contributed by atoms with E-state index in [9.17, 15) is 9.59 Å². The molecule has 1 fully saturated rings. The average molecular weight is 173 g/mol. The lowest BCUT2D eigenvalue weighted by Crippen LogP contribution is -2.29. The highest BCUT2D eigenvalue weighted by molar-refractivity contribution is 5.82. The van der Waals surface area contributed by atoms with Crippen molar-refractivity contribution in [1.82, 2.24) is 5.32 Å². The first-order valence-corrected chi connectivity index (χ1v) is 3.68. The van der Waals surface area contributed by atoms with Gasteiger partial charge in [0.2, 0.25) is 0 Å². The summed E-state index contributed by atoms with van der Waals surface area (Å²) in [7, 11) is 1.26. The molecule has 2 N–H and O–H groups in total. The molecule has 5 nitrogen and oxygen atoms in total. The Hall–Kier alpha value is -1.10. The summed E-state index contributed by atoms with van der Waals surface area (Å²) >= 11 is 0. The Kier molecular flexibility index (Phi) is 2.65. The fourth-order valence-electron chi connectivity index (χ4n) is 1.34. The van der Waals surface area contributed by atoms with Gasteiger partial charge in [-0.05, 0) is 0 Å². The van der Waals surface area contributed by atoms with Crippen molar-refractivity contribution in [3.05, 3.63) is 0 Å². The van der Waals surface area contributed by atoms with Gasteiger partial charge in [-0.1, -0.05) is 0 Å². The first kappa shape index (κ1) is 8.99. The number of carboxylic acids is 1. The zero-order valence-electron chi connectivity index (χ0n) is 6.74. The van der Waals surface area contributed by atoms with Gasteiger partial charge in [0.25, 0.3) is 0 Å². The molecule has 0 aromatic carbocycles. The van der Waals surface area contributed by atoms with E-state index < -0.39 is 23.8 Å². The molecule has 0 aromatic heterocycles. The van der Waals surface area contributed by atoms with Crippen molar-refractivity contribution in [2.24, 2.45) is 11.8 Å². The van der Waals surface area contributed by atoms with Gasteiger partial charge >= 0.3 is 11.9 Å². The van der Waals surface area contributed by atoms with E-state index in [0.29, 0.717) is 13.1 Å². The first-order chi connectivity index (χ1) is 5.66. The highest BCUT2D eigenvalue weighted by Gasteiger charge is 2.38. The Morgan fingerprint density at radius 3 is 2.50 bits per heavy atom. The molecule has 1 rings (SSSR count). The van der Waals surface area contributed by atoms with Crippen LogP contribution >= 0.6 is 0 Å². The molecule has 0 radical (unpaired) electrons. The number of esters is 1. The van der Waals surface area contributed by atoms with Crippen LogP contribution in [0.15, 0.2) is 0 Å². The molecule has 0 aromatic rings. The maximum absolute atomic E-state index is 11.0. The Labute approximate surface area is 69.7 Å². The number of rotatable bonds is 2. The van der Waals surface area contributed by atoms with Gasteiger partial charge in [-0.3, -0.25) is 9.59 Å². The Morgan fingerprint density at radius 1 is 1.42 bits per heavy atom. The van der Waals surface area contributed by atoms with Crippen LogP contribution in [-0.2, 0) is 14.3 Å². The van der Waals surface area contributed by atoms with Crippen molar-refractivity contribution < 1.29 is 19.4 Å². The second-order valence-corrected chi connectivity index (χ2v) is 2.73. The second-order valence-electron chi connectivity index (χ2n) is 2.73. The lowest BCUT2D eigenvalue weighted by molar-refractivity contribution is -0.153. The molecule has 0 saturated carbocycles. The Morgan fingerprint density at radius 2 is 2.00 bits per heavy atom. The van der Waals surface area contributed by atoms with E-state index in [0.717, 1.165) is 0 Å². The van der Waals surface area contributed by atoms with Gasteiger partial charge in [-0.25, -0.2) is 0 Å². The van der Waals surface area contributed by atoms with E-state index in [2.05, 4.69) is 10.1 Å². The maximum Gasteiger partial charge on any atom is 0.310 e. The fourth-order valence-corrected chi connectivity index (χ4v) is 1.34. The van der Waals surface area contributed by atoms with E-state index >= 15 is 0 Å². The number of methoxy groups -OCH3 is 1. The topological polar surface area (TPSA) is 75.6 Å². The van der Waals surface area contributed by atoms with Crippen molar-refractivity contribution in [2.45, 2.75) is 0 Å². The largest absolute Gasteiger partial charge is 0.481 e. The molecular weight excluding hydrogens is 162 g/mol. The standard InChI is InChI=1S/C7H11NO4/c1-12-7(11)5-3-8-2-4(5)6(9)10/h4-5,8H,2-3H2,1H3,(H,9,10). The third kappa shape index (κ3) is 1.55. The second kappa shape index (κ2) is 3.53. The van der Waals surface area contributed by atoms with Gasteiger partial charge < -0.3 is 15.2 Å². The lowest BCUT2D eigenvalue weighted by atomic mass is 9.97. The van der Waals surface area contributed by atoms with Gasteiger partial charge in [-0.15, -0.1) is 0 Å². The minimum Gasteiger partial charge on any atom is -0.481 e. The van der Waals surface area contributed by atoms with Gasteiger partial charge in [0.05, 0.1) is 18.9 Å². The number of hydrogen-bond acceptors (Lipinski definition) is 4. The van der Waals surface area contributed by atoms with Crippen molar-refractivity contribution in [3.63, 3.8) is 0 Å². The Bertz CT molecular complexity index is 204. The van der Waals surface area contributed by atoms with Crippen LogP contribution in [0, 0.1) is 11.8 Å². The molecule has 5 heteroatoms. The van der Waals surface area contributed by atoms with E-state index in [-0.39, 0.29) is 0 Å². The smallest absolute Gasteiger partial charge is 0.310 e. The minimum atomic E-state index is -0.949. The normalized spacial score (nSPS) is 28.4. The molecule has 0 amide bonds. The van der Waals surface area contributed by atoms with Gasteiger partial charge in [0.15, 0.2) is 0 Å². The van der Waals surface area contributed by atoms with Crippen molar-refractivity contribution in [2.75, 3.05) is 20.2 Å². The van der Waals surface area contributed by atoms with Crippen LogP contribution in [0.25, 0.3) is 0 Å². The fraction of sp³-hybridized carbons (Fsp3) is 0.714. The molecule has 68 valence electrons. The summed E-state index contributed by atoms with van der Waals surface area (Å²) in [5, 5.41) is 11.5. The molecule has 0 aliphatic carbocycles. The Balaban J connectivity index is 2.63. The van der Waals surface area contributed by atoms with Crippen LogP contribution in [0.4, 0.5) is 0 Å². The van der Waals surface area contributed by atoms with E-state index in [1.807, 2.05) is 0 Å². The van der Waals surface area contributed by atoms with Gasteiger partial charge in [0.1, 0.15) is 0 Å². The van der Waals surface area contributed by atoms with Gasteiger partial charge in [0, 0.05) is 13.1 Å². The summed E-state index contributed by atoms with van der Waals surface area (Å²) in [6.45, 7) is 0.735.